The first-order chi connectivity index (χ1) is 53.9. The van der Waals surface area contributed by atoms with Crippen molar-refractivity contribution in [3.63, 3.8) is 0 Å². The Hall–Kier alpha value is -11.1. The van der Waals surface area contributed by atoms with Gasteiger partial charge in [0.2, 0.25) is 17.5 Å². The molecular weight excluding hydrogens is 1550 g/mol. The number of hydrogen-bond donors (Lipinski definition) is 12. The predicted octanol–water partition coefficient (Wildman–Crippen LogP) is -1.05. The van der Waals surface area contributed by atoms with Crippen molar-refractivity contribution in [2.75, 3.05) is 27.4 Å². The van der Waals surface area contributed by atoms with Gasteiger partial charge in [0.25, 0.3) is 35.4 Å². The number of methoxy groups -OCH3 is 2. The maximum absolute atomic E-state index is 13.9. The lowest BCUT2D eigenvalue weighted by atomic mass is 9.72. The molecule has 4 aliphatic carbocycles. The van der Waals surface area contributed by atoms with Crippen molar-refractivity contribution < 1.29 is 171 Å². The topological polar surface area (TPSA) is 606 Å². The van der Waals surface area contributed by atoms with Crippen LogP contribution in [0.1, 0.15) is 202 Å². The fourth-order valence-corrected chi connectivity index (χ4v) is 14.8. The van der Waals surface area contributed by atoms with Crippen LogP contribution in [0.4, 0.5) is 0 Å². The van der Waals surface area contributed by atoms with E-state index < -0.39 is 257 Å². The lowest BCUT2D eigenvalue weighted by Gasteiger charge is -2.43. The molecule has 7 amide bonds. The quantitative estimate of drug-likeness (QED) is 0.0246. The second kappa shape index (κ2) is 34.5. The van der Waals surface area contributed by atoms with Gasteiger partial charge in [0, 0.05) is 129 Å². The molecule has 13 N–H and O–H groups in total. The molecule has 616 valence electrons. The molecule has 0 saturated carbocycles. The van der Waals surface area contributed by atoms with E-state index in [1.165, 1.54) is 57.5 Å². The Balaban J connectivity index is 0.000000199. The van der Waals surface area contributed by atoms with Crippen LogP contribution in [0, 0.1) is 0 Å². The highest BCUT2D eigenvalue weighted by molar-refractivity contribution is 6.32. The summed E-state index contributed by atoms with van der Waals surface area (Å²) in [7, 11) is 2.61. The maximum Gasteiger partial charge on any atom is 0.344 e. The smallest absolute Gasteiger partial charge is 0.344 e. The van der Waals surface area contributed by atoms with Crippen LogP contribution >= 0.6 is 12.4 Å². The van der Waals surface area contributed by atoms with Gasteiger partial charge in [0.05, 0.1) is 84.2 Å². The van der Waals surface area contributed by atoms with Crippen LogP contribution in [0.5, 0.6) is 34.5 Å². The lowest BCUT2D eigenvalue weighted by molar-refractivity contribution is -0.249. The zero-order valence-electron chi connectivity index (χ0n) is 61.5. The van der Waals surface area contributed by atoms with Crippen molar-refractivity contribution >= 4 is 106 Å². The number of carbonyl (C=O) groups is 16. The van der Waals surface area contributed by atoms with E-state index in [9.17, 15) is 128 Å². The summed E-state index contributed by atoms with van der Waals surface area (Å²) in [6.07, 6.45) is -13.6. The van der Waals surface area contributed by atoms with Gasteiger partial charge >= 0.3 is 17.9 Å². The van der Waals surface area contributed by atoms with Crippen molar-refractivity contribution in [1.82, 2.24) is 20.5 Å². The highest BCUT2D eigenvalue weighted by Crippen LogP contribution is 2.55. The number of nitrogens with one attached hydrogen (secondary N) is 1. The third kappa shape index (κ3) is 16.8. The Kier molecular flexibility index (Phi) is 25.9. The SMILES string of the molecule is COc1cccc2c1C(=O)c1c(O)c3c(c(O)c1C2=O)C[C@@](O)(C(=O)CO)C[C@@H]3OC1CC(N)C(O)C(C)O1.COc1cccc2c1C(=O)c1c(O)c3c(c(O)c1C2=O)C[C@@](O)(C(=O)CO)C[C@@H]3OC1CC(NC(=O)CCCC(=O)ON2C(=O)CCC2=O)C(O)C(C)O1.Cl.O=C(CC(=O)ON1C(=O)CCC1=O)ON1C(=O)CCC1=O. The Morgan fingerprint density at radius 2 is 0.878 bits per heavy atom. The van der Waals surface area contributed by atoms with E-state index in [4.69, 9.17) is 39.0 Å². The zero-order chi connectivity index (χ0) is 83.2. The number of carbonyl (C=O) groups excluding carboxylic acids is 16. The van der Waals surface area contributed by atoms with Crippen LogP contribution < -0.4 is 20.5 Å². The fraction of sp³-hybridized carbons (Fsp3) is 0.459. The van der Waals surface area contributed by atoms with Crippen LogP contribution in [0.3, 0.4) is 0 Å². The molecule has 4 aromatic rings. The number of aromatic hydroxyl groups is 4. The number of hydrogen-bond acceptors (Lipinski definition) is 36. The molecule has 5 heterocycles. The number of benzene rings is 4. The van der Waals surface area contributed by atoms with Gasteiger partial charge in [-0.2, -0.15) is 0 Å². The number of nitrogens with zero attached hydrogens (tertiary/aromatic N) is 3. The summed E-state index contributed by atoms with van der Waals surface area (Å²) >= 11 is 0. The minimum atomic E-state index is -2.38. The molecule has 5 saturated heterocycles. The van der Waals surface area contributed by atoms with Crippen LogP contribution in [-0.2, 0) is 104 Å². The average molecular weight is 1630 g/mol. The summed E-state index contributed by atoms with van der Waals surface area (Å²) in [5.41, 5.74) is -1.90. The number of rotatable bonds is 20. The molecule has 12 atom stereocenters. The van der Waals surface area contributed by atoms with Crippen molar-refractivity contribution in [3.05, 3.63) is 103 Å². The summed E-state index contributed by atoms with van der Waals surface area (Å²) < 4.78 is 34.3. The number of ketones is 6. The van der Waals surface area contributed by atoms with Gasteiger partial charge in [0.15, 0.2) is 35.7 Å². The van der Waals surface area contributed by atoms with Crippen molar-refractivity contribution in [2.24, 2.45) is 5.73 Å². The number of amides is 7. The summed E-state index contributed by atoms with van der Waals surface area (Å²) in [5, 5.41) is 113. The molecule has 0 spiro atoms. The number of aliphatic hydroxyl groups is 6. The Bertz CT molecular complexity index is 4670. The van der Waals surface area contributed by atoms with Crippen molar-refractivity contribution in [1.29, 1.82) is 0 Å². The van der Waals surface area contributed by atoms with Gasteiger partial charge in [-0.15, -0.1) is 27.6 Å². The highest BCUT2D eigenvalue weighted by Gasteiger charge is 2.54. The molecule has 115 heavy (non-hydrogen) atoms. The number of halogens is 1. The average Bonchev–Trinajstić information content (AvgIpc) is 1.01. The van der Waals surface area contributed by atoms with Gasteiger partial charge in [-0.05, 0) is 32.4 Å². The van der Waals surface area contributed by atoms with Crippen LogP contribution in [0.25, 0.3) is 0 Å². The van der Waals surface area contributed by atoms with E-state index in [2.05, 4.69) is 15.0 Å². The van der Waals surface area contributed by atoms with Gasteiger partial charge in [-0.3, -0.25) is 62.3 Å². The molecule has 0 bridgehead atoms. The zero-order valence-corrected chi connectivity index (χ0v) is 62.3. The van der Waals surface area contributed by atoms with Gasteiger partial charge in [-0.1, -0.05) is 24.3 Å². The van der Waals surface area contributed by atoms with Crippen LogP contribution in [0.2, 0.25) is 0 Å². The molecule has 13 rings (SSSR count). The second-order valence-electron chi connectivity index (χ2n) is 28.0. The first-order valence-corrected chi connectivity index (χ1v) is 35.6. The molecule has 0 radical (unpaired) electrons. The van der Waals surface area contributed by atoms with E-state index in [0.717, 1.165) is 0 Å². The Labute approximate surface area is 655 Å². The number of aliphatic hydroxyl groups excluding tert-OH is 4. The third-order valence-electron chi connectivity index (χ3n) is 20.6. The predicted molar refractivity (Wildman–Crippen MR) is 375 cm³/mol. The van der Waals surface area contributed by atoms with E-state index >= 15 is 0 Å². The van der Waals surface area contributed by atoms with E-state index in [0.29, 0.717) is 5.06 Å². The molecule has 5 aliphatic heterocycles. The molecule has 0 aromatic heterocycles. The number of fused-ring (bicyclic) bond motifs is 6. The molecule has 4 aromatic carbocycles. The number of imide groups is 3. The molecule has 40 nitrogen and oxygen atoms in total. The molecular formula is C74H78ClN5O35. The minimum absolute atomic E-state index is 0. The molecule has 8 unspecified atom stereocenters. The number of ether oxygens (including phenoxy) is 6. The molecule has 9 aliphatic rings. The van der Waals surface area contributed by atoms with E-state index in [1.54, 1.807) is 6.92 Å². The maximum atomic E-state index is 13.9. The summed E-state index contributed by atoms with van der Waals surface area (Å²) in [4.78, 5) is 210. The normalized spacial score (nSPS) is 25.8. The minimum Gasteiger partial charge on any atom is -0.507 e. The summed E-state index contributed by atoms with van der Waals surface area (Å²) in [6.45, 7) is 0.931. The molecule has 41 heteroatoms. The fourth-order valence-electron chi connectivity index (χ4n) is 14.8. The summed E-state index contributed by atoms with van der Waals surface area (Å²) in [5.74, 6) is -16.0. The summed E-state index contributed by atoms with van der Waals surface area (Å²) in [6, 6.07) is 6.88. The van der Waals surface area contributed by atoms with Crippen LogP contribution in [0.15, 0.2) is 36.4 Å². The lowest BCUT2D eigenvalue weighted by Crippen LogP contribution is -2.55. The van der Waals surface area contributed by atoms with Crippen molar-refractivity contribution in [3.8, 4) is 34.5 Å². The monoisotopic (exact) mass is 1630 g/mol. The third-order valence-corrected chi connectivity index (χ3v) is 20.6. The number of phenolic OH excluding ortho intramolecular Hbond substituents is 4. The largest absolute Gasteiger partial charge is 0.507 e. The first kappa shape index (κ1) is 86.3. The second-order valence-corrected chi connectivity index (χ2v) is 28.0. The van der Waals surface area contributed by atoms with Crippen molar-refractivity contribution in [2.45, 2.75) is 189 Å². The standard InChI is InChI=1S/C36H38N2O16.C27H29NO11.C11H10N2O8.ClH/c1-15-31(45)18(37-22(41)7-4-8-25(44)54-38-23(42)9-10-24(38)43)11-26(52-15)53-20-13-36(50,21(40)14-39)12-17-28(20)35(49)30-29(33(17)47)32(46)16-5-3-6-19(51-2)27(16)34(30)48;1-10-22(31)13(28)6-17(38-10)39-15-8-27(36,16(30)9-29)7-12-19(15)26(35)21-20(24(12)33)23(32)11-4-3-5-14(37-2)18(11)25(21)34;14-6-1-2-7(15)12(6)20-10(18)5-11(19)21-13-8(16)3-4-9(13)17;/h3,5-6,15,18,20,26,31,39,45,47,49-50H,4,7-14H2,1-2H3,(H,37,41);3-5,10,13,15,17,22,29,31,33,35-36H,6-9,28H2,1-2H3;1-5H2;1H/t15?,18?,20-,26?,31?,36-;10?,13?,15-,17?,22?,27-;;/m00../s1. The number of hydroxylamine groups is 6. The Morgan fingerprint density at radius 3 is 1.25 bits per heavy atom. The van der Waals surface area contributed by atoms with E-state index in [-0.39, 0.29) is 149 Å². The number of nitrogens with two attached hydrogens (primary N) is 1. The first-order valence-electron chi connectivity index (χ1n) is 35.6. The van der Waals surface area contributed by atoms with Gasteiger partial charge in [0.1, 0.15) is 71.4 Å². The van der Waals surface area contributed by atoms with E-state index in [1.807, 2.05) is 0 Å². The Morgan fingerprint density at radius 1 is 0.513 bits per heavy atom. The van der Waals surface area contributed by atoms with Gasteiger partial charge in [-0.25, -0.2) is 14.4 Å². The van der Waals surface area contributed by atoms with Gasteiger partial charge < -0.3 is 105 Å². The highest BCUT2D eigenvalue weighted by atomic mass is 35.5. The number of Topliss-reactive ketones (excluding diaryl/α,β-unsaturated/α-hetero) is 2. The molecule has 5 fully saturated rings. The number of phenols is 4. The van der Waals surface area contributed by atoms with Crippen LogP contribution in [-0.4, -0.2) is 248 Å².